The van der Waals surface area contributed by atoms with Crippen molar-refractivity contribution in [3.8, 4) is 0 Å². The molecule has 0 aliphatic rings. The molecule has 2 rings (SSSR count). The third-order valence-electron chi connectivity index (χ3n) is 3.01. The summed E-state index contributed by atoms with van der Waals surface area (Å²) in [6.07, 6.45) is 0. The van der Waals surface area contributed by atoms with E-state index in [0.717, 1.165) is 5.56 Å². The van der Waals surface area contributed by atoms with Gasteiger partial charge >= 0.3 is 0 Å². The number of hydrogen-bond donors (Lipinski definition) is 1. The van der Waals surface area contributed by atoms with Crippen LogP contribution in [0.15, 0.2) is 46.9 Å². The molecule has 3 nitrogen and oxygen atoms in total. The number of carbonyl (C=O) groups excluding carboxylic acids is 1. The van der Waals surface area contributed by atoms with Crippen molar-refractivity contribution >= 4 is 44.7 Å². The molecule has 0 aliphatic heterocycles. The van der Waals surface area contributed by atoms with Gasteiger partial charge in [0.1, 0.15) is 10.8 Å². The molecular weight excluding hydrogens is 355 g/mol. The number of halogens is 2. The monoisotopic (exact) mass is 366 g/mol. The Labute approximate surface area is 135 Å². The second-order valence-electron chi connectivity index (χ2n) is 4.40. The lowest BCUT2D eigenvalue weighted by molar-refractivity contribution is 0.0993. The van der Waals surface area contributed by atoms with E-state index in [-0.39, 0.29) is 10.4 Å². The highest BCUT2D eigenvalue weighted by Gasteiger charge is 2.15. The van der Waals surface area contributed by atoms with Crippen molar-refractivity contribution in [1.82, 2.24) is 0 Å². The van der Waals surface area contributed by atoms with E-state index in [1.807, 2.05) is 0 Å². The van der Waals surface area contributed by atoms with Crippen LogP contribution in [0.25, 0.3) is 0 Å². The number of nitrogens with zero attached hydrogens (tertiary/aromatic N) is 1. The topological polar surface area (TPSA) is 46.3 Å². The summed E-state index contributed by atoms with van der Waals surface area (Å²) in [4.78, 5) is 14.1. The van der Waals surface area contributed by atoms with Crippen LogP contribution in [-0.4, -0.2) is 17.9 Å². The maximum Gasteiger partial charge on any atom is 0.258 e. The average Bonchev–Trinajstić information content (AvgIpc) is 2.48. The van der Waals surface area contributed by atoms with Crippen molar-refractivity contribution in [2.45, 2.75) is 0 Å². The van der Waals surface area contributed by atoms with Crippen LogP contribution in [0.3, 0.4) is 0 Å². The number of anilines is 1. The molecule has 0 atom stereocenters. The van der Waals surface area contributed by atoms with Crippen LogP contribution in [0.2, 0.25) is 0 Å². The fourth-order valence-corrected chi connectivity index (χ4v) is 2.30. The summed E-state index contributed by atoms with van der Waals surface area (Å²) in [5, 5.41) is 0. The Balaban J connectivity index is 2.25. The van der Waals surface area contributed by atoms with Crippen LogP contribution < -0.4 is 10.6 Å². The third kappa shape index (κ3) is 3.46. The standard InChI is InChI=1S/C15H12BrFN2OS/c1-19(11-5-2-9(3-6-11)14(18)21)15(20)10-4-7-13(17)12(16)8-10/h2-8H,1H3,(H2,18,21). The molecule has 0 heterocycles. The van der Waals surface area contributed by atoms with Gasteiger partial charge in [0.15, 0.2) is 0 Å². The van der Waals surface area contributed by atoms with Gasteiger partial charge in [0, 0.05) is 23.9 Å². The van der Waals surface area contributed by atoms with Gasteiger partial charge in [-0.15, -0.1) is 0 Å². The zero-order chi connectivity index (χ0) is 15.6. The maximum absolute atomic E-state index is 13.2. The van der Waals surface area contributed by atoms with Crippen molar-refractivity contribution in [3.63, 3.8) is 0 Å². The highest BCUT2D eigenvalue weighted by Crippen LogP contribution is 2.20. The van der Waals surface area contributed by atoms with Crippen LogP contribution in [-0.2, 0) is 0 Å². The van der Waals surface area contributed by atoms with Gasteiger partial charge in [-0.3, -0.25) is 4.79 Å². The smallest absolute Gasteiger partial charge is 0.258 e. The van der Waals surface area contributed by atoms with Gasteiger partial charge in [-0.1, -0.05) is 12.2 Å². The second-order valence-corrected chi connectivity index (χ2v) is 5.70. The number of thiocarbonyl (C=S) groups is 1. The minimum Gasteiger partial charge on any atom is -0.389 e. The van der Waals surface area contributed by atoms with Crippen molar-refractivity contribution in [1.29, 1.82) is 0 Å². The van der Waals surface area contributed by atoms with Gasteiger partial charge in [0.2, 0.25) is 0 Å². The molecule has 0 fully saturated rings. The van der Waals surface area contributed by atoms with Gasteiger partial charge in [-0.2, -0.15) is 0 Å². The van der Waals surface area contributed by atoms with Gasteiger partial charge in [0.25, 0.3) is 5.91 Å². The molecule has 0 spiro atoms. The van der Waals surface area contributed by atoms with Gasteiger partial charge in [-0.25, -0.2) is 4.39 Å². The Hall–Kier alpha value is -1.79. The van der Waals surface area contributed by atoms with E-state index >= 15 is 0 Å². The first kappa shape index (κ1) is 15.6. The van der Waals surface area contributed by atoms with E-state index in [0.29, 0.717) is 16.2 Å². The summed E-state index contributed by atoms with van der Waals surface area (Å²) in [5.41, 5.74) is 7.35. The maximum atomic E-state index is 13.2. The Morgan fingerprint density at radius 3 is 2.29 bits per heavy atom. The average molecular weight is 367 g/mol. The Morgan fingerprint density at radius 2 is 1.76 bits per heavy atom. The molecule has 0 saturated heterocycles. The fraction of sp³-hybridized carbons (Fsp3) is 0.0667. The highest BCUT2D eigenvalue weighted by atomic mass is 79.9. The van der Waals surface area contributed by atoms with Crippen molar-refractivity contribution in [2.24, 2.45) is 5.73 Å². The molecule has 0 unspecified atom stereocenters. The highest BCUT2D eigenvalue weighted by molar-refractivity contribution is 9.10. The number of amides is 1. The van der Waals surface area contributed by atoms with Crippen LogP contribution in [0.5, 0.6) is 0 Å². The summed E-state index contributed by atoms with van der Waals surface area (Å²) < 4.78 is 13.5. The van der Waals surface area contributed by atoms with Gasteiger partial charge in [-0.05, 0) is 58.4 Å². The first-order chi connectivity index (χ1) is 9.90. The van der Waals surface area contributed by atoms with Crippen molar-refractivity contribution in [2.75, 3.05) is 11.9 Å². The number of rotatable bonds is 3. The molecule has 6 heteroatoms. The van der Waals surface area contributed by atoms with Crippen LogP contribution >= 0.6 is 28.1 Å². The molecule has 0 saturated carbocycles. The predicted octanol–water partition coefficient (Wildman–Crippen LogP) is 3.50. The summed E-state index contributed by atoms with van der Waals surface area (Å²) in [7, 11) is 1.65. The molecule has 108 valence electrons. The molecule has 21 heavy (non-hydrogen) atoms. The number of hydrogen-bond acceptors (Lipinski definition) is 2. The van der Waals surface area contributed by atoms with Crippen LogP contribution in [0.4, 0.5) is 10.1 Å². The molecule has 2 aromatic rings. The Kier molecular flexibility index (Phi) is 4.69. The summed E-state index contributed by atoms with van der Waals surface area (Å²) in [6.45, 7) is 0. The Morgan fingerprint density at radius 1 is 1.19 bits per heavy atom. The van der Waals surface area contributed by atoms with Crippen LogP contribution in [0.1, 0.15) is 15.9 Å². The lowest BCUT2D eigenvalue weighted by Crippen LogP contribution is -2.26. The molecule has 1 amide bonds. The lowest BCUT2D eigenvalue weighted by Gasteiger charge is -2.18. The predicted molar refractivity (Wildman–Crippen MR) is 89.2 cm³/mol. The molecule has 2 N–H and O–H groups in total. The molecule has 0 radical (unpaired) electrons. The normalized spacial score (nSPS) is 10.2. The van der Waals surface area contributed by atoms with E-state index in [4.69, 9.17) is 18.0 Å². The van der Waals surface area contributed by atoms with Crippen molar-refractivity contribution in [3.05, 3.63) is 63.9 Å². The number of nitrogens with two attached hydrogens (primary N) is 1. The minimum atomic E-state index is -0.407. The van der Waals surface area contributed by atoms with E-state index in [2.05, 4.69) is 15.9 Å². The Bertz CT molecular complexity index is 703. The SMILES string of the molecule is CN(C(=O)c1ccc(F)c(Br)c1)c1ccc(C(N)=S)cc1. The van der Waals surface area contributed by atoms with Gasteiger partial charge in [0.05, 0.1) is 4.47 Å². The van der Waals surface area contributed by atoms with E-state index in [1.165, 1.54) is 23.1 Å². The molecule has 0 aliphatic carbocycles. The first-order valence-electron chi connectivity index (χ1n) is 6.03. The van der Waals surface area contributed by atoms with E-state index in [9.17, 15) is 9.18 Å². The number of benzene rings is 2. The fourth-order valence-electron chi connectivity index (χ4n) is 1.79. The summed E-state index contributed by atoms with van der Waals surface area (Å²) >= 11 is 7.95. The molecule has 2 aromatic carbocycles. The zero-order valence-electron chi connectivity index (χ0n) is 11.1. The molecular formula is C15H12BrFN2OS. The quantitative estimate of drug-likeness (QED) is 0.845. The van der Waals surface area contributed by atoms with Crippen molar-refractivity contribution < 1.29 is 9.18 Å². The summed E-state index contributed by atoms with van der Waals surface area (Å²) in [5.74, 6) is -0.645. The second kappa shape index (κ2) is 6.32. The lowest BCUT2D eigenvalue weighted by atomic mass is 10.1. The molecule has 0 bridgehead atoms. The van der Waals surface area contributed by atoms with E-state index < -0.39 is 5.82 Å². The van der Waals surface area contributed by atoms with Crippen LogP contribution in [0, 0.1) is 5.82 Å². The summed E-state index contributed by atoms with van der Waals surface area (Å²) in [6, 6.07) is 11.2. The largest absolute Gasteiger partial charge is 0.389 e. The van der Waals surface area contributed by atoms with Gasteiger partial charge < -0.3 is 10.6 Å². The van der Waals surface area contributed by atoms with E-state index in [1.54, 1.807) is 31.3 Å². The molecule has 0 aromatic heterocycles. The first-order valence-corrected chi connectivity index (χ1v) is 7.23. The minimum absolute atomic E-state index is 0.237. The third-order valence-corrected chi connectivity index (χ3v) is 3.85. The zero-order valence-corrected chi connectivity index (χ0v) is 13.5. The number of carbonyl (C=O) groups is 1.